The van der Waals surface area contributed by atoms with Crippen LogP contribution >= 0.6 is 0 Å². The van der Waals surface area contributed by atoms with E-state index in [-0.39, 0.29) is 5.91 Å². The lowest BCUT2D eigenvalue weighted by Gasteiger charge is -2.22. The van der Waals surface area contributed by atoms with Gasteiger partial charge in [0.2, 0.25) is 5.91 Å². The van der Waals surface area contributed by atoms with Crippen LogP contribution in [0.3, 0.4) is 0 Å². The average molecular weight is 318 g/mol. The van der Waals surface area contributed by atoms with Crippen LogP contribution < -0.4 is 5.32 Å². The van der Waals surface area contributed by atoms with Crippen molar-refractivity contribution in [3.8, 4) is 0 Å². The van der Waals surface area contributed by atoms with E-state index in [0.29, 0.717) is 19.5 Å². The molecule has 2 amide bonds. The number of hydrogen-bond acceptors (Lipinski definition) is 3. The van der Waals surface area contributed by atoms with Gasteiger partial charge in [0, 0.05) is 13.1 Å². The number of likely N-dealkylation sites (tertiary alicyclic amines) is 1. The fourth-order valence-electron chi connectivity index (χ4n) is 2.71. The van der Waals surface area contributed by atoms with Gasteiger partial charge < -0.3 is 15.0 Å². The molecule has 1 aliphatic heterocycles. The van der Waals surface area contributed by atoms with Crippen LogP contribution in [0.25, 0.3) is 0 Å². The molecule has 0 bridgehead atoms. The maximum atomic E-state index is 12.4. The molecule has 0 spiro atoms. The molecule has 1 N–H and O–H groups in total. The second kappa shape index (κ2) is 6.60. The first-order valence-corrected chi connectivity index (χ1v) is 8.00. The third-order valence-corrected chi connectivity index (χ3v) is 3.85. The number of hydrogen-bond donors (Lipinski definition) is 1. The summed E-state index contributed by atoms with van der Waals surface area (Å²) in [5.74, 6) is -0.0455. The van der Waals surface area contributed by atoms with Crippen molar-refractivity contribution >= 4 is 12.0 Å². The van der Waals surface area contributed by atoms with E-state index in [1.54, 1.807) is 25.7 Å². The molecule has 1 aliphatic rings. The van der Waals surface area contributed by atoms with Crippen LogP contribution in [0.5, 0.6) is 0 Å². The Labute approximate surface area is 138 Å². The van der Waals surface area contributed by atoms with Gasteiger partial charge in [0.1, 0.15) is 11.6 Å². The molecular formula is C18H26N2O3. The summed E-state index contributed by atoms with van der Waals surface area (Å²) in [5.41, 5.74) is 2.97. The zero-order valence-electron chi connectivity index (χ0n) is 14.6. The smallest absolute Gasteiger partial charge is 0.408 e. The molecule has 126 valence electrons. The summed E-state index contributed by atoms with van der Waals surface area (Å²) >= 11 is 0. The Morgan fingerprint density at radius 3 is 2.65 bits per heavy atom. The molecule has 1 atom stereocenters. The quantitative estimate of drug-likeness (QED) is 0.932. The maximum Gasteiger partial charge on any atom is 0.408 e. The van der Waals surface area contributed by atoms with Gasteiger partial charge in [-0.3, -0.25) is 4.79 Å². The van der Waals surface area contributed by atoms with Gasteiger partial charge in [-0.1, -0.05) is 23.8 Å². The average Bonchev–Trinajstić information content (AvgIpc) is 2.72. The third kappa shape index (κ3) is 4.71. The molecular weight excluding hydrogens is 292 g/mol. The Hall–Kier alpha value is -2.04. The van der Waals surface area contributed by atoms with Gasteiger partial charge in [0.05, 0.1) is 0 Å². The van der Waals surface area contributed by atoms with E-state index >= 15 is 0 Å². The van der Waals surface area contributed by atoms with Crippen molar-refractivity contribution < 1.29 is 14.3 Å². The predicted molar refractivity (Wildman–Crippen MR) is 89.1 cm³/mol. The summed E-state index contributed by atoms with van der Waals surface area (Å²) in [6.07, 6.45) is 0.0763. The molecule has 0 unspecified atom stereocenters. The molecule has 5 heteroatoms. The summed E-state index contributed by atoms with van der Waals surface area (Å²) < 4.78 is 5.21. The topological polar surface area (TPSA) is 58.6 Å². The molecule has 0 aliphatic carbocycles. The third-order valence-electron chi connectivity index (χ3n) is 3.85. The number of rotatable bonds is 3. The highest BCUT2D eigenvalue weighted by atomic mass is 16.6. The van der Waals surface area contributed by atoms with Crippen LogP contribution in [0.1, 0.15) is 43.9 Å². The number of carbonyl (C=O) groups excluding carboxylic acids is 2. The van der Waals surface area contributed by atoms with E-state index in [0.717, 1.165) is 5.56 Å². The SMILES string of the molecule is Cc1ccc(CN2CC[C@H](NC(=O)OC(C)(C)C)C2=O)c(C)c1. The van der Waals surface area contributed by atoms with E-state index in [1.165, 1.54) is 11.1 Å². The standard InChI is InChI=1S/C18H26N2O3/c1-12-6-7-14(13(2)10-12)11-20-9-8-15(16(20)21)19-17(22)23-18(3,4)5/h6-7,10,15H,8-9,11H2,1-5H3,(H,19,22)/t15-/m0/s1. The van der Waals surface area contributed by atoms with Crippen molar-refractivity contribution in [3.63, 3.8) is 0 Å². The van der Waals surface area contributed by atoms with E-state index in [1.807, 2.05) is 0 Å². The summed E-state index contributed by atoms with van der Waals surface area (Å²) in [6, 6.07) is 5.74. The lowest BCUT2D eigenvalue weighted by molar-refractivity contribution is -0.129. The zero-order valence-corrected chi connectivity index (χ0v) is 14.6. The van der Waals surface area contributed by atoms with Crippen LogP contribution in [0, 0.1) is 13.8 Å². The second-order valence-electron chi connectivity index (χ2n) is 7.18. The fourth-order valence-corrected chi connectivity index (χ4v) is 2.71. The number of ether oxygens (including phenoxy) is 1. The van der Waals surface area contributed by atoms with Gasteiger partial charge in [-0.25, -0.2) is 4.79 Å². The molecule has 0 aromatic heterocycles. The van der Waals surface area contributed by atoms with Crippen molar-refractivity contribution in [3.05, 3.63) is 34.9 Å². The van der Waals surface area contributed by atoms with Crippen LogP contribution in [0.15, 0.2) is 18.2 Å². The highest BCUT2D eigenvalue weighted by Gasteiger charge is 2.33. The van der Waals surface area contributed by atoms with Gasteiger partial charge in [-0.2, -0.15) is 0 Å². The second-order valence-corrected chi connectivity index (χ2v) is 7.18. The first-order valence-electron chi connectivity index (χ1n) is 8.00. The van der Waals surface area contributed by atoms with Crippen molar-refractivity contribution in [2.24, 2.45) is 0 Å². The van der Waals surface area contributed by atoms with Gasteiger partial charge in [0.15, 0.2) is 0 Å². The molecule has 0 saturated carbocycles. The Balaban J connectivity index is 1.95. The number of amides is 2. The molecule has 1 aromatic carbocycles. The Kier molecular flexibility index (Phi) is 4.97. The van der Waals surface area contributed by atoms with E-state index in [4.69, 9.17) is 4.74 Å². The molecule has 23 heavy (non-hydrogen) atoms. The van der Waals surface area contributed by atoms with E-state index in [9.17, 15) is 9.59 Å². The molecule has 1 heterocycles. The summed E-state index contributed by atoms with van der Waals surface area (Å²) in [5, 5.41) is 2.67. The zero-order chi connectivity index (χ0) is 17.2. The highest BCUT2D eigenvalue weighted by molar-refractivity contribution is 5.87. The molecule has 1 saturated heterocycles. The summed E-state index contributed by atoms with van der Waals surface area (Å²) in [7, 11) is 0. The minimum atomic E-state index is -0.565. The van der Waals surface area contributed by atoms with Crippen molar-refractivity contribution in [2.45, 2.75) is 59.2 Å². The van der Waals surface area contributed by atoms with Crippen LogP contribution in [0.4, 0.5) is 4.79 Å². The monoisotopic (exact) mass is 318 g/mol. The number of nitrogens with zero attached hydrogens (tertiary/aromatic N) is 1. The maximum absolute atomic E-state index is 12.4. The molecule has 1 aromatic rings. The summed E-state index contributed by atoms with van der Waals surface area (Å²) in [4.78, 5) is 26.0. The Morgan fingerprint density at radius 1 is 1.35 bits per heavy atom. The number of aryl methyl sites for hydroxylation is 2. The first-order chi connectivity index (χ1) is 10.7. The van der Waals surface area contributed by atoms with Gasteiger partial charge in [0.25, 0.3) is 0 Å². The van der Waals surface area contributed by atoms with Crippen molar-refractivity contribution in [1.82, 2.24) is 10.2 Å². The fraction of sp³-hybridized carbons (Fsp3) is 0.556. The molecule has 5 nitrogen and oxygen atoms in total. The van der Waals surface area contributed by atoms with Gasteiger partial charge in [-0.05, 0) is 52.2 Å². The van der Waals surface area contributed by atoms with Gasteiger partial charge >= 0.3 is 6.09 Å². The number of benzene rings is 1. The summed E-state index contributed by atoms with van der Waals surface area (Å²) in [6.45, 7) is 10.7. The molecule has 1 fully saturated rings. The van der Waals surface area contributed by atoms with E-state index < -0.39 is 17.7 Å². The van der Waals surface area contributed by atoms with Crippen LogP contribution in [-0.2, 0) is 16.1 Å². The normalized spacial score (nSPS) is 18.2. The largest absolute Gasteiger partial charge is 0.444 e. The Bertz CT molecular complexity index is 605. The number of carbonyl (C=O) groups is 2. The van der Waals surface area contributed by atoms with Crippen molar-refractivity contribution in [2.75, 3.05) is 6.54 Å². The lowest BCUT2D eigenvalue weighted by atomic mass is 10.1. The number of nitrogens with one attached hydrogen (secondary N) is 1. The Morgan fingerprint density at radius 2 is 2.04 bits per heavy atom. The van der Waals surface area contributed by atoms with Crippen LogP contribution in [-0.4, -0.2) is 35.1 Å². The first kappa shape index (κ1) is 17.3. The minimum absolute atomic E-state index is 0.0455. The predicted octanol–water partition coefficient (Wildman–Crippen LogP) is 2.93. The molecule has 2 rings (SSSR count). The highest BCUT2D eigenvalue weighted by Crippen LogP contribution is 2.19. The number of alkyl carbamates (subject to hydrolysis) is 1. The van der Waals surface area contributed by atoms with Crippen molar-refractivity contribution in [1.29, 1.82) is 0 Å². The minimum Gasteiger partial charge on any atom is -0.444 e. The lowest BCUT2D eigenvalue weighted by Crippen LogP contribution is -2.43. The van der Waals surface area contributed by atoms with Gasteiger partial charge in [-0.15, -0.1) is 0 Å². The van der Waals surface area contributed by atoms with Crippen LogP contribution in [0.2, 0.25) is 0 Å². The van der Waals surface area contributed by atoms with E-state index in [2.05, 4.69) is 37.4 Å². The molecule has 0 radical (unpaired) electrons.